The summed E-state index contributed by atoms with van der Waals surface area (Å²) in [5, 5.41) is 12.4. The number of rotatable bonds is 5. The average molecular weight is 242 g/mol. The molecule has 0 radical (unpaired) electrons. The SMILES string of the molecule is CC(O)CNCc1cccc(-c2ccncc2)c1. The fourth-order valence-electron chi connectivity index (χ4n) is 1.83. The minimum Gasteiger partial charge on any atom is -0.392 e. The predicted octanol–water partition coefficient (Wildman–Crippen LogP) is 2.22. The highest BCUT2D eigenvalue weighted by Gasteiger charge is 2.00. The average Bonchev–Trinajstić information content (AvgIpc) is 2.40. The van der Waals surface area contributed by atoms with Crippen LogP contribution in [0.25, 0.3) is 11.1 Å². The van der Waals surface area contributed by atoms with Gasteiger partial charge in [-0.2, -0.15) is 0 Å². The molecule has 3 heteroatoms. The highest BCUT2D eigenvalue weighted by atomic mass is 16.3. The van der Waals surface area contributed by atoms with Gasteiger partial charge in [0.15, 0.2) is 0 Å². The summed E-state index contributed by atoms with van der Waals surface area (Å²) in [4.78, 5) is 4.02. The lowest BCUT2D eigenvalue weighted by Crippen LogP contribution is -2.23. The van der Waals surface area contributed by atoms with Gasteiger partial charge in [-0.15, -0.1) is 0 Å². The molecule has 0 fully saturated rings. The lowest BCUT2D eigenvalue weighted by Gasteiger charge is -2.08. The molecule has 3 nitrogen and oxygen atoms in total. The highest BCUT2D eigenvalue weighted by Crippen LogP contribution is 2.19. The predicted molar refractivity (Wildman–Crippen MR) is 73.1 cm³/mol. The Kier molecular flexibility index (Phi) is 4.45. The van der Waals surface area contributed by atoms with Crippen LogP contribution in [0.2, 0.25) is 0 Å². The molecule has 0 amide bonds. The van der Waals surface area contributed by atoms with Gasteiger partial charge >= 0.3 is 0 Å². The van der Waals surface area contributed by atoms with Crippen molar-refractivity contribution >= 4 is 0 Å². The zero-order chi connectivity index (χ0) is 12.8. The second-order valence-corrected chi connectivity index (χ2v) is 4.42. The molecular formula is C15H18N2O. The van der Waals surface area contributed by atoms with E-state index in [4.69, 9.17) is 0 Å². The summed E-state index contributed by atoms with van der Waals surface area (Å²) in [5.41, 5.74) is 3.57. The molecule has 2 aromatic rings. The number of aromatic nitrogens is 1. The molecule has 0 bridgehead atoms. The molecule has 18 heavy (non-hydrogen) atoms. The molecule has 1 aromatic carbocycles. The van der Waals surface area contributed by atoms with E-state index < -0.39 is 0 Å². The molecule has 1 aromatic heterocycles. The van der Waals surface area contributed by atoms with E-state index in [2.05, 4.69) is 34.6 Å². The number of nitrogens with one attached hydrogen (secondary N) is 1. The molecule has 0 saturated carbocycles. The van der Waals surface area contributed by atoms with Crippen molar-refractivity contribution in [3.63, 3.8) is 0 Å². The Bertz CT molecular complexity index is 483. The van der Waals surface area contributed by atoms with Crippen molar-refractivity contribution in [3.05, 3.63) is 54.4 Å². The number of benzene rings is 1. The van der Waals surface area contributed by atoms with Crippen LogP contribution < -0.4 is 5.32 Å². The van der Waals surface area contributed by atoms with Crippen LogP contribution in [-0.2, 0) is 6.54 Å². The lowest BCUT2D eigenvalue weighted by molar-refractivity contribution is 0.191. The van der Waals surface area contributed by atoms with Gasteiger partial charge in [-0.25, -0.2) is 0 Å². The maximum absolute atomic E-state index is 9.19. The quantitative estimate of drug-likeness (QED) is 0.845. The summed E-state index contributed by atoms with van der Waals surface area (Å²) in [6, 6.07) is 12.4. The van der Waals surface area contributed by atoms with E-state index >= 15 is 0 Å². The smallest absolute Gasteiger partial charge is 0.0636 e. The Morgan fingerprint density at radius 1 is 1.17 bits per heavy atom. The number of nitrogens with zero attached hydrogens (tertiary/aromatic N) is 1. The van der Waals surface area contributed by atoms with Crippen LogP contribution in [-0.4, -0.2) is 22.7 Å². The fraction of sp³-hybridized carbons (Fsp3) is 0.267. The highest BCUT2D eigenvalue weighted by molar-refractivity contribution is 5.63. The van der Waals surface area contributed by atoms with Crippen LogP contribution in [0, 0.1) is 0 Å². The molecule has 0 aliphatic carbocycles. The lowest BCUT2D eigenvalue weighted by atomic mass is 10.0. The molecule has 94 valence electrons. The van der Waals surface area contributed by atoms with E-state index in [1.165, 1.54) is 16.7 Å². The van der Waals surface area contributed by atoms with Crippen molar-refractivity contribution in [3.8, 4) is 11.1 Å². The summed E-state index contributed by atoms with van der Waals surface area (Å²) >= 11 is 0. The monoisotopic (exact) mass is 242 g/mol. The first-order valence-corrected chi connectivity index (χ1v) is 6.14. The maximum atomic E-state index is 9.19. The van der Waals surface area contributed by atoms with Gasteiger partial charge in [0.2, 0.25) is 0 Å². The van der Waals surface area contributed by atoms with Crippen molar-refractivity contribution in [2.75, 3.05) is 6.54 Å². The fourth-order valence-corrected chi connectivity index (χ4v) is 1.83. The molecule has 2 N–H and O–H groups in total. The maximum Gasteiger partial charge on any atom is 0.0636 e. The number of aliphatic hydroxyl groups excluding tert-OH is 1. The zero-order valence-electron chi connectivity index (χ0n) is 10.5. The van der Waals surface area contributed by atoms with Gasteiger partial charge in [0, 0.05) is 25.5 Å². The van der Waals surface area contributed by atoms with Gasteiger partial charge in [0.05, 0.1) is 6.10 Å². The largest absolute Gasteiger partial charge is 0.392 e. The first kappa shape index (κ1) is 12.7. The number of pyridine rings is 1. The molecular weight excluding hydrogens is 224 g/mol. The molecule has 1 atom stereocenters. The van der Waals surface area contributed by atoms with Crippen LogP contribution in [0.1, 0.15) is 12.5 Å². The van der Waals surface area contributed by atoms with Crippen molar-refractivity contribution in [2.45, 2.75) is 19.6 Å². The third-order valence-electron chi connectivity index (χ3n) is 2.71. The minimum atomic E-state index is -0.312. The summed E-state index contributed by atoms with van der Waals surface area (Å²) < 4.78 is 0. The van der Waals surface area contributed by atoms with Crippen molar-refractivity contribution in [2.24, 2.45) is 0 Å². The van der Waals surface area contributed by atoms with E-state index in [1.54, 1.807) is 19.3 Å². The molecule has 0 aliphatic heterocycles. The van der Waals surface area contributed by atoms with Gasteiger partial charge in [-0.1, -0.05) is 18.2 Å². The van der Waals surface area contributed by atoms with Crippen molar-refractivity contribution in [1.29, 1.82) is 0 Å². The van der Waals surface area contributed by atoms with Gasteiger partial charge < -0.3 is 10.4 Å². The molecule has 0 aliphatic rings. The molecule has 0 saturated heterocycles. The standard InChI is InChI=1S/C15H18N2O/c1-12(18)10-17-11-13-3-2-4-15(9-13)14-5-7-16-8-6-14/h2-9,12,17-18H,10-11H2,1H3. The summed E-state index contributed by atoms with van der Waals surface area (Å²) in [6.45, 7) is 3.16. The third-order valence-corrected chi connectivity index (χ3v) is 2.71. The second kappa shape index (κ2) is 6.28. The van der Waals surface area contributed by atoms with E-state index in [9.17, 15) is 5.11 Å². The molecule has 1 unspecified atom stereocenters. The number of hydrogen-bond acceptors (Lipinski definition) is 3. The summed E-state index contributed by atoms with van der Waals surface area (Å²) in [7, 11) is 0. The summed E-state index contributed by atoms with van der Waals surface area (Å²) in [6.07, 6.45) is 3.29. The van der Waals surface area contributed by atoms with Gasteiger partial charge in [0.25, 0.3) is 0 Å². The first-order valence-electron chi connectivity index (χ1n) is 6.14. The Morgan fingerprint density at radius 3 is 2.67 bits per heavy atom. The Hall–Kier alpha value is -1.71. The second-order valence-electron chi connectivity index (χ2n) is 4.42. The molecule has 0 spiro atoms. The van der Waals surface area contributed by atoms with E-state index in [0.717, 1.165) is 6.54 Å². The Labute approximate surface area is 108 Å². The number of aliphatic hydroxyl groups is 1. The Balaban J connectivity index is 2.06. The van der Waals surface area contributed by atoms with Crippen molar-refractivity contribution < 1.29 is 5.11 Å². The molecule has 2 rings (SSSR count). The third kappa shape index (κ3) is 3.65. The van der Waals surface area contributed by atoms with E-state index in [0.29, 0.717) is 6.54 Å². The zero-order valence-corrected chi connectivity index (χ0v) is 10.5. The van der Waals surface area contributed by atoms with E-state index in [-0.39, 0.29) is 6.10 Å². The first-order chi connectivity index (χ1) is 8.75. The normalized spacial score (nSPS) is 12.3. The van der Waals surface area contributed by atoms with Crippen molar-refractivity contribution in [1.82, 2.24) is 10.3 Å². The topological polar surface area (TPSA) is 45.1 Å². The Morgan fingerprint density at radius 2 is 1.94 bits per heavy atom. The van der Waals surface area contributed by atoms with Crippen LogP contribution >= 0.6 is 0 Å². The van der Waals surface area contributed by atoms with Gasteiger partial charge in [-0.3, -0.25) is 4.98 Å². The van der Waals surface area contributed by atoms with Gasteiger partial charge in [-0.05, 0) is 41.8 Å². The summed E-state index contributed by atoms with van der Waals surface area (Å²) in [5.74, 6) is 0. The van der Waals surface area contributed by atoms with E-state index in [1.807, 2.05) is 12.1 Å². The van der Waals surface area contributed by atoms with Crippen LogP contribution in [0.4, 0.5) is 0 Å². The van der Waals surface area contributed by atoms with Crippen LogP contribution in [0.15, 0.2) is 48.8 Å². The van der Waals surface area contributed by atoms with Crippen LogP contribution in [0.5, 0.6) is 0 Å². The van der Waals surface area contributed by atoms with Gasteiger partial charge in [0.1, 0.15) is 0 Å². The minimum absolute atomic E-state index is 0.312. The van der Waals surface area contributed by atoms with Crippen LogP contribution in [0.3, 0.4) is 0 Å². The molecule has 1 heterocycles. The number of hydrogen-bond donors (Lipinski definition) is 2.